The minimum atomic E-state index is -0.692. The molecule has 7 rings (SSSR count). The number of primary amides is 1. The van der Waals surface area contributed by atoms with Crippen molar-refractivity contribution < 1.29 is 9.90 Å². The highest BCUT2D eigenvalue weighted by Crippen LogP contribution is 2.57. The van der Waals surface area contributed by atoms with Crippen molar-refractivity contribution in [2.24, 2.45) is 17.4 Å². The number of pyridine rings is 1. The molecule has 0 aliphatic heterocycles. The number of carbonyl (C=O) groups excluding carboxylic acids is 1. The summed E-state index contributed by atoms with van der Waals surface area (Å²) in [5, 5.41) is 18.8. The van der Waals surface area contributed by atoms with Crippen LogP contribution in [0.3, 0.4) is 0 Å². The van der Waals surface area contributed by atoms with Gasteiger partial charge >= 0.3 is 0 Å². The third kappa shape index (κ3) is 3.42. The molecule has 0 radical (unpaired) electrons. The first-order valence-corrected chi connectivity index (χ1v) is 12.4. The Bertz CT molecular complexity index is 1690. The molecule has 0 atom stereocenters. The van der Waals surface area contributed by atoms with Gasteiger partial charge in [0.05, 0.1) is 17.0 Å². The third-order valence-electron chi connectivity index (χ3n) is 7.77. The number of carbonyl (C=O) groups is 1. The summed E-state index contributed by atoms with van der Waals surface area (Å²) >= 11 is 0. The van der Waals surface area contributed by atoms with Gasteiger partial charge in [-0.05, 0) is 49.3 Å². The van der Waals surface area contributed by atoms with Crippen LogP contribution in [-0.2, 0) is 5.54 Å². The lowest BCUT2D eigenvalue weighted by molar-refractivity contribution is -0.106. The first-order valence-electron chi connectivity index (χ1n) is 12.4. The number of amides is 1. The van der Waals surface area contributed by atoms with Gasteiger partial charge in [0, 0.05) is 16.7 Å². The SMILES string of the molecule is NC(=O)c1nnc2ccc3nc(-c4ccc(C5(N)CC(O)(C6CC6)C5)cc4)c(-c4ccccc4)nc3n12. The van der Waals surface area contributed by atoms with Crippen molar-refractivity contribution in [3.63, 3.8) is 0 Å². The number of nitrogens with two attached hydrogens (primary N) is 2. The molecular weight excluding hydrogens is 466 g/mol. The van der Waals surface area contributed by atoms with Crippen LogP contribution in [0, 0.1) is 5.92 Å². The van der Waals surface area contributed by atoms with Crippen LogP contribution in [0.1, 0.15) is 41.9 Å². The summed E-state index contributed by atoms with van der Waals surface area (Å²) in [5.74, 6) is -0.286. The van der Waals surface area contributed by atoms with Crippen molar-refractivity contribution in [3.8, 4) is 22.5 Å². The fourth-order valence-corrected chi connectivity index (χ4v) is 5.75. The first-order chi connectivity index (χ1) is 17.8. The molecule has 3 aromatic heterocycles. The van der Waals surface area contributed by atoms with Crippen LogP contribution >= 0.6 is 0 Å². The van der Waals surface area contributed by atoms with Crippen molar-refractivity contribution in [1.82, 2.24) is 24.6 Å². The molecule has 9 nitrogen and oxygen atoms in total. The predicted molar refractivity (Wildman–Crippen MR) is 138 cm³/mol. The van der Waals surface area contributed by atoms with E-state index in [1.807, 2.05) is 60.7 Å². The quantitative estimate of drug-likeness (QED) is 0.342. The summed E-state index contributed by atoms with van der Waals surface area (Å²) in [4.78, 5) is 21.9. The molecule has 2 aliphatic rings. The Morgan fingerprint density at radius 2 is 1.57 bits per heavy atom. The molecule has 0 spiro atoms. The van der Waals surface area contributed by atoms with E-state index in [2.05, 4.69) is 10.2 Å². The van der Waals surface area contributed by atoms with Gasteiger partial charge in [0.1, 0.15) is 5.52 Å². The van der Waals surface area contributed by atoms with Crippen molar-refractivity contribution in [1.29, 1.82) is 0 Å². The summed E-state index contributed by atoms with van der Waals surface area (Å²) in [5.41, 5.74) is 16.7. The Morgan fingerprint density at radius 3 is 2.24 bits per heavy atom. The first kappa shape index (κ1) is 22.0. The van der Waals surface area contributed by atoms with Crippen molar-refractivity contribution in [2.75, 3.05) is 0 Å². The summed E-state index contributed by atoms with van der Waals surface area (Å²) in [6.45, 7) is 0. The van der Waals surface area contributed by atoms with Gasteiger partial charge in [-0.2, -0.15) is 0 Å². The van der Waals surface area contributed by atoms with Crippen molar-refractivity contribution >= 4 is 22.7 Å². The largest absolute Gasteiger partial charge is 0.389 e. The number of aliphatic hydroxyl groups is 1. The maximum Gasteiger partial charge on any atom is 0.287 e. The molecule has 2 saturated carbocycles. The molecule has 3 heterocycles. The molecule has 2 aliphatic carbocycles. The number of aromatic nitrogens is 5. The zero-order chi connectivity index (χ0) is 25.4. The van der Waals surface area contributed by atoms with E-state index in [-0.39, 0.29) is 5.82 Å². The van der Waals surface area contributed by atoms with Gasteiger partial charge in [0.2, 0.25) is 5.82 Å². The van der Waals surface area contributed by atoms with Crippen LogP contribution in [0.4, 0.5) is 0 Å². The van der Waals surface area contributed by atoms with Gasteiger partial charge in [-0.25, -0.2) is 9.97 Å². The standard InChI is InChI=1S/C28H25N7O2/c29-24(36)26-34-33-21-13-12-20-25(35(21)26)32-23(16-4-2-1-3-5-16)22(31-20)17-6-8-18(9-7-17)27(30)14-28(37,15-27)19-10-11-19/h1-9,12-13,19,37H,10-11,14-15,30H2,(H2,29,36). The van der Waals surface area contributed by atoms with Crippen LogP contribution in [-0.4, -0.2) is 41.2 Å². The van der Waals surface area contributed by atoms with Crippen LogP contribution in [0.15, 0.2) is 66.7 Å². The summed E-state index contributed by atoms with van der Waals surface area (Å²) in [6.07, 6.45) is 3.37. The van der Waals surface area contributed by atoms with E-state index in [0.717, 1.165) is 29.5 Å². The second-order valence-corrected chi connectivity index (χ2v) is 10.4. The zero-order valence-corrected chi connectivity index (χ0v) is 20.0. The molecule has 0 unspecified atom stereocenters. The lowest BCUT2D eigenvalue weighted by Gasteiger charge is -2.52. The minimum absolute atomic E-state index is 0.00548. The fourth-order valence-electron chi connectivity index (χ4n) is 5.75. The molecule has 1 amide bonds. The van der Waals surface area contributed by atoms with Gasteiger partial charge in [-0.15, -0.1) is 10.2 Å². The lowest BCUT2D eigenvalue weighted by Crippen LogP contribution is -2.60. The maximum atomic E-state index is 12.0. The molecule has 5 aromatic rings. The van der Waals surface area contributed by atoms with E-state index in [9.17, 15) is 9.90 Å². The highest BCUT2D eigenvalue weighted by Gasteiger charge is 2.58. The fraction of sp³-hybridized carbons (Fsp3) is 0.250. The van der Waals surface area contributed by atoms with Crippen LogP contribution < -0.4 is 11.5 Å². The normalized spacial score (nSPS) is 23.3. The smallest absolute Gasteiger partial charge is 0.287 e. The summed E-state index contributed by atoms with van der Waals surface area (Å²) in [7, 11) is 0. The average molecular weight is 492 g/mol. The van der Waals surface area contributed by atoms with E-state index >= 15 is 0 Å². The Kier molecular flexibility index (Phi) is 4.55. The maximum absolute atomic E-state index is 12.0. The summed E-state index contributed by atoms with van der Waals surface area (Å²) < 4.78 is 1.54. The molecule has 0 bridgehead atoms. The van der Waals surface area contributed by atoms with E-state index < -0.39 is 17.0 Å². The van der Waals surface area contributed by atoms with Crippen LogP contribution in [0.2, 0.25) is 0 Å². The van der Waals surface area contributed by atoms with Gasteiger partial charge in [0.15, 0.2) is 11.3 Å². The minimum Gasteiger partial charge on any atom is -0.389 e. The number of hydrogen-bond donors (Lipinski definition) is 3. The third-order valence-corrected chi connectivity index (χ3v) is 7.77. The number of fused-ring (bicyclic) bond motifs is 3. The second kappa shape index (κ2) is 7.64. The topological polar surface area (TPSA) is 145 Å². The average Bonchev–Trinajstić information content (AvgIpc) is 3.66. The molecule has 184 valence electrons. The lowest BCUT2D eigenvalue weighted by atomic mass is 9.60. The number of hydrogen-bond acceptors (Lipinski definition) is 7. The summed E-state index contributed by atoms with van der Waals surface area (Å²) in [6, 6.07) is 21.4. The van der Waals surface area contributed by atoms with Gasteiger partial charge in [-0.3, -0.25) is 9.20 Å². The van der Waals surface area contributed by atoms with E-state index in [0.29, 0.717) is 47.0 Å². The van der Waals surface area contributed by atoms with Gasteiger partial charge < -0.3 is 16.6 Å². The molecule has 2 aromatic carbocycles. The highest BCUT2D eigenvalue weighted by molar-refractivity contribution is 5.93. The molecule has 9 heteroatoms. The predicted octanol–water partition coefficient (Wildman–Crippen LogP) is 3.19. The molecule has 37 heavy (non-hydrogen) atoms. The molecule has 5 N–H and O–H groups in total. The van der Waals surface area contributed by atoms with Crippen molar-refractivity contribution in [3.05, 3.63) is 78.1 Å². The van der Waals surface area contributed by atoms with E-state index in [4.69, 9.17) is 21.4 Å². The number of benzene rings is 2. The molecule has 0 saturated heterocycles. The van der Waals surface area contributed by atoms with Gasteiger partial charge in [-0.1, -0.05) is 54.6 Å². The van der Waals surface area contributed by atoms with E-state index in [1.165, 1.54) is 0 Å². The van der Waals surface area contributed by atoms with Crippen LogP contribution in [0.25, 0.3) is 39.3 Å². The second-order valence-electron chi connectivity index (χ2n) is 10.4. The molecular formula is C28H25N7O2. The number of rotatable bonds is 5. The van der Waals surface area contributed by atoms with E-state index in [1.54, 1.807) is 10.5 Å². The number of nitrogens with zero attached hydrogens (tertiary/aromatic N) is 5. The zero-order valence-electron chi connectivity index (χ0n) is 20.0. The monoisotopic (exact) mass is 491 g/mol. The van der Waals surface area contributed by atoms with Crippen molar-refractivity contribution in [2.45, 2.75) is 36.8 Å². The van der Waals surface area contributed by atoms with Gasteiger partial charge in [0.25, 0.3) is 5.91 Å². The Morgan fingerprint density at radius 1 is 0.892 bits per heavy atom. The highest BCUT2D eigenvalue weighted by atomic mass is 16.3. The van der Waals surface area contributed by atoms with Crippen LogP contribution in [0.5, 0.6) is 0 Å². The Balaban J connectivity index is 1.36. The Labute approximate surface area is 212 Å². The molecule has 2 fully saturated rings. The Hall–Kier alpha value is -4.21.